The lowest BCUT2D eigenvalue weighted by Crippen LogP contribution is -2.51. The molecule has 31 heavy (non-hydrogen) atoms. The highest BCUT2D eigenvalue weighted by Crippen LogP contribution is 2.23. The van der Waals surface area contributed by atoms with Gasteiger partial charge in [0.25, 0.3) is 0 Å². The second-order valence-electron chi connectivity index (χ2n) is 9.84. The van der Waals surface area contributed by atoms with Crippen LogP contribution in [0, 0.1) is 0 Å². The van der Waals surface area contributed by atoms with E-state index in [-0.39, 0.29) is 37.2 Å². The van der Waals surface area contributed by atoms with Crippen LogP contribution >= 0.6 is 37.2 Å². The molecule has 2 heterocycles. The molecule has 0 aromatic carbocycles. The van der Waals surface area contributed by atoms with E-state index in [0.717, 1.165) is 12.1 Å². The summed E-state index contributed by atoms with van der Waals surface area (Å²) in [6.07, 6.45) is 10.3. The second-order valence-corrected chi connectivity index (χ2v) is 9.84. The number of halogens is 3. The Bertz CT molecular complexity index is 405. The summed E-state index contributed by atoms with van der Waals surface area (Å²) in [5, 5.41) is 0. The molecule has 9 heteroatoms. The molecule has 0 radical (unpaired) electrons. The van der Waals surface area contributed by atoms with Crippen LogP contribution in [0.5, 0.6) is 0 Å². The van der Waals surface area contributed by atoms with Gasteiger partial charge in [-0.25, -0.2) is 0 Å². The predicted octanol–water partition coefficient (Wildman–Crippen LogP) is 2.27. The van der Waals surface area contributed by atoms with E-state index in [2.05, 4.69) is 33.7 Å². The SMILES string of the molecule is CN1CCN(C2CCCC(N)C2)CC1.CN1CCN([C@@H]2CCC[C@H](N)C2)CC1.Cl.Cl.Cl. The third kappa shape index (κ3) is 10.6. The van der Waals surface area contributed by atoms with Crippen LogP contribution in [0.15, 0.2) is 0 Å². The zero-order valence-corrected chi connectivity index (χ0v) is 22.2. The Labute approximate surface area is 210 Å². The van der Waals surface area contributed by atoms with Gasteiger partial charge >= 0.3 is 0 Å². The van der Waals surface area contributed by atoms with Crippen molar-refractivity contribution >= 4 is 37.2 Å². The highest BCUT2D eigenvalue weighted by Gasteiger charge is 2.27. The van der Waals surface area contributed by atoms with Crippen LogP contribution in [-0.2, 0) is 0 Å². The van der Waals surface area contributed by atoms with E-state index < -0.39 is 0 Å². The van der Waals surface area contributed by atoms with E-state index in [4.69, 9.17) is 11.5 Å². The molecule has 6 nitrogen and oxygen atoms in total. The van der Waals surface area contributed by atoms with E-state index in [1.54, 1.807) is 0 Å². The first-order chi connectivity index (χ1) is 13.5. The lowest BCUT2D eigenvalue weighted by atomic mass is 9.90. The van der Waals surface area contributed by atoms with Gasteiger partial charge in [0.05, 0.1) is 0 Å². The minimum atomic E-state index is 0. The van der Waals surface area contributed by atoms with Crippen LogP contribution in [0.1, 0.15) is 51.4 Å². The first-order valence-electron chi connectivity index (χ1n) is 11.9. The van der Waals surface area contributed by atoms with Crippen molar-refractivity contribution < 1.29 is 0 Å². The van der Waals surface area contributed by atoms with Crippen LogP contribution in [0.25, 0.3) is 0 Å². The van der Waals surface area contributed by atoms with E-state index in [0.29, 0.717) is 12.1 Å². The summed E-state index contributed by atoms with van der Waals surface area (Å²) in [4.78, 5) is 10.1. The quantitative estimate of drug-likeness (QED) is 0.603. The van der Waals surface area contributed by atoms with E-state index in [1.165, 1.54) is 104 Å². The molecule has 4 atom stereocenters. The molecule has 0 bridgehead atoms. The summed E-state index contributed by atoms with van der Waals surface area (Å²) in [5.41, 5.74) is 12.0. The smallest absolute Gasteiger partial charge is 0.0113 e. The first kappa shape index (κ1) is 31.6. The van der Waals surface area contributed by atoms with Gasteiger partial charge in [0, 0.05) is 76.5 Å². The van der Waals surface area contributed by atoms with Crippen LogP contribution in [-0.4, -0.2) is 110 Å². The summed E-state index contributed by atoms with van der Waals surface area (Å²) in [5.74, 6) is 0. The Morgan fingerprint density at radius 2 is 0.839 bits per heavy atom. The molecule has 188 valence electrons. The number of piperazine rings is 2. The molecule has 4 rings (SSSR count). The number of rotatable bonds is 2. The summed E-state index contributed by atoms with van der Waals surface area (Å²) < 4.78 is 0. The zero-order chi connectivity index (χ0) is 19.9. The van der Waals surface area contributed by atoms with Crippen molar-refractivity contribution in [2.75, 3.05) is 66.5 Å². The van der Waals surface area contributed by atoms with Crippen molar-refractivity contribution in [1.29, 1.82) is 0 Å². The Morgan fingerprint density at radius 3 is 1.13 bits per heavy atom. The zero-order valence-electron chi connectivity index (χ0n) is 19.8. The van der Waals surface area contributed by atoms with Gasteiger partial charge in [0.15, 0.2) is 0 Å². The third-order valence-electron chi connectivity index (χ3n) is 7.48. The highest BCUT2D eigenvalue weighted by atomic mass is 35.5. The van der Waals surface area contributed by atoms with Crippen LogP contribution in [0.3, 0.4) is 0 Å². The van der Waals surface area contributed by atoms with Crippen molar-refractivity contribution in [3.63, 3.8) is 0 Å². The fraction of sp³-hybridized carbons (Fsp3) is 1.00. The second kappa shape index (κ2) is 16.3. The highest BCUT2D eigenvalue weighted by molar-refractivity contribution is 5.86. The molecule has 0 spiro atoms. The average molecular weight is 504 g/mol. The van der Waals surface area contributed by atoms with Crippen molar-refractivity contribution in [3.05, 3.63) is 0 Å². The Balaban J connectivity index is 0.000000529. The van der Waals surface area contributed by atoms with Crippen LogP contribution < -0.4 is 11.5 Å². The monoisotopic (exact) mass is 502 g/mol. The number of hydrogen-bond donors (Lipinski definition) is 2. The average Bonchev–Trinajstić information content (AvgIpc) is 2.70. The molecule has 0 aromatic rings. The molecular formula is C22H49Cl3N6. The van der Waals surface area contributed by atoms with Crippen LogP contribution in [0.2, 0.25) is 0 Å². The first-order valence-corrected chi connectivity index (χ1v) is 11.9. The molecule has 2 saturated heterocycles. The Morgan fingerprint density at radius 1 is 0.516 bits per heavy atom. The molecule has 0 aromatic heterocycles. The van der Waals surface area contributed by atoms with E-state index in [1.807, 2.05) is 0 Å². The molecule has 2 aliphatic carbocycles. The van der Waals surface area contributed by atoms with Crippen molar-refractivity contribution in [1.82, 2.24) is 19.6 Å². The van der Waals surface area contributed by atoms with E-state index >= 15 is 0 Å². The maximum atomic E-state index is 6.02. The fourth-order valence-electron chi connectivity index (χ4n) is 5.44. The maximum Gasteiger partial charge on any atom is 0.0113 e. The number of hydrogen-bond acceptors (Lipinski definition) is 6. The molecule has 2 aliphatic heterocycles. The van der Waals surface area contributed by atoms with Gasteiger partial charge in [-0.15, -0.1) is 37.2 Å². The lowest BCUT2D eigenvalue weighted by molar-refractivity contribution is 0.0868. The van der Waals surface area contributed by atoms with Gasteiger partial charge in [-0.1, -0.05) is 12.8 Å². The molecule has 4 aliphatic rings. The van der Waals surface area contributed by atoms with Gasteiger partial charge in [-0.05, 0) is 52.6 Å². The normalized spacial score (nSPS) is 33.7. The minimum Gasteiger partial charge on any atom is -0.328 e. The third-order valence-corrected chi connectivity index (χ3v) is 7.48. The van der Waals surface area contributed by atoms with Crippen molar-refractivity contribution in [2.45, 2.75) is 75.5 Å². The molecule has 4 N–H and O–H groups in total. The molecule has 2 unspecified atom stereocenters. The Kier molecular flexibility index (Phi) is 16.6. The summed E-state index contributed by atoms with van der Waals surface area (Å²) in [6, 6.07) is 2.50. The Hall–Kier alpha value is 0.630. The number of nitrogens with zero attached hydrogens (tertiary/aromatic N) is 4. The standard InChI is InChI=1S/2C11H23N3.3ClH/c2*1-13-5-7-14(8-6-13)11-4-2-3-10(12)9-11;;;/h2*10-11H,2-9,12H2,1H3;3*1H/t10-,11+;;;;/m0..../s1. The van der Waals surface area contributed by atoms with Gasteiger partial charge in [-0.3, -0.25) is 9.80 Å². The summed E-state index contributed by atoms with van der Waals surface area (Å²) in [6.45, 7) is 9.89. The lowest BCUT2D eigenvalue weighted by Gasteiger charge is -2.40. The van der Waals surface area contributed by atoms with Gasteiger partial charge < -0.3 is 21.3 Å². The van der Waals surface area contributed by atoms with Gasteiger partial charge in [0.2, 0.25) is 0 Å². The molecule has 4 fully saturated rings. The number of nitrogens with two attached hydrogens (primary N) is 2. The van der Waals surface area contributed by atoms with Gasteiger partial charge in [0.1, 0.15) is 0 Å². The molecule has 2 saturated carbocycles. The topological polar surface area (TPSA) is 65.0 Å². The minimum absolute atomic E-state index is 0. The van der Waals surface area contributed by atoms with Gasteiger partial charge in [-0.2, -0.15) is 0 Å². The summed E-state index contributed by atoms with van der Waals surface area (Å²) >= 11 is 0. The molecule has 0 amide bonds. The summed E-state index contributed by atoms with van der Waals surface area (Å²) in [7, 11) is 4.42. The number of likely N-dealkylation sites (N-methyl/N-ethyl adjacent to an activating group) is 2. The van der Waals surface area contributed by atoms with Crippen molar-refractivity contribution in [3.8, 4) is 0 Å². The predicted molar refractivity (Wildman–Crippen MR) is 140 cm³/mol. The van der Waals surface area contributed by atoms with E-state index in [9.17, 15) is 0 Å². The van der Waals surface area contributed by atoms with Crippen molar-refractivity contribution in [2.24, 2.45) is 11.5 Å². The maximum absolute atomic E-state index is 6.02. The fourth-order valence-corrected chi connectivity index (χ4v) is 5.44. The molecular weight excluding hydrogens is 455 g/mol. The largest absolute Gasteiger partial charge is 0.328 e. The van der Waals surface area contributed by atoms with Crippen LogP contribution in [0.4, 0.5) is 0 Å².